The van der Waals surface area contributed by atoms with Gasteiger partial charge in [-0.25, -0.2) is 0 Å². The zero-order valence-corrected chi connectivity index (χ0v) is 8.63. The maximum atomic E-state index is 3.80. The highest BCUT2D eigenvalue weighted by molar-refractivity contribution is 5.13. The van der Waals surface area contributed by atoms with E-state index in [1.807, 2.05) is 6.07 Å². The van der Waals surface area contributed by atoms with Crippen LogP contribution in [0.1, 0.15) is 24.8 Å². The van der Waals surface area contributed by atoms with E-state index in [1.165, 1.54) is 18.4 Å². The van der Waals surface area contributed by atoms with Crippen molar-refractivity contribution in [1.82, 2.24) is 10.9 Å². The molecule has 1 aromatic rings. The van der Waals surface area contributed by atoms with Crippen LogP contribution in [-0.2, 0) is 6.54 Å². The van der Waals surface area contributed by atoms with Crippen LogP contribution in [0.15, 0.2) is 30.3 Å². The van der Waals surface area contributed by atoms with Gasteiger partial charge < -0.3 is 0 Å². The van der Waals surface area contributed by atoms with E-state index in [-0.39, 0.29) is 0 Å². The lowest BCUT2D eigenvalue weighted by Crippen LogP contribution is -2.31. The van der Waals surface area contributed by atoms with Crippen LogP contribution < -0.4 is 10.9 Å². The molecule has 0 saturated heterocycles. The van der Waals surface area contributed by atoms with Gasteiger partial charge in [0.1, 0.15) is 0 Å². The smallest absolute Gasteiger partial charge is 0.0351 e. The number of benzene rings is 1. The van der Waals surface area contributed by atoms with Crippen molar-refractivity contribution in [3.8, 4) is 0 Å². The first-order valence-corrected chi connectivity index (χ1v) is 5.22. The largest absolute Gasteiger partial charge is 0.258 e. The summed E-state index contributed by atoms with van der Waals surface area (Å²) in [6, 6.07) is 10.4. The molecular formula is C12H19N2. The van der Waals surface area contributed by atoms with Gasteiger partial charge in [-0.15, -0.1) is 0 Å². The maximum Gasteiger partial charge on any atom is 0.0351 e. The first kappa shape index (κ1) is 11.2. The van der Waals surface area contributed by atoms with E-state index in [9.17, 15) is 0 Å². The fourth-order valence-electron chi connectivity index (χ4n) is 1.24. The quantitative estimate of drug-likeness (QED) is 0.510. The van der Waals surface area contributed by atoms with Crippen LogP contribution >= 0.6 is 0 Å². The topological polar surface area (TPSA) is 24.1 Å². The second-order valence-electron chi connectivity index (χ2n) is 3.33. The molecule has 2 heteroatoms. The van der Waals surface area contributed by atoms with Gasteiger partial charge in [0.05, 0.1) is 0 Å². The van der Waals surface area contributed by atoms with E-state index in [0.29, 0.717) is 0 Å². The molecule has 77 valence electrons. The Hall–Kier alpha value is -0.860. The molecule has 0 saturated carbocycles. The van der Waals surface area contributed by atoms with E-state index in [2.05, 4.69) is 42.0 Å². The lowest BCUT2D eigenvalue weighted by atomic mass is 10.2. The van der Waals surface area contributed by atoms with Crippen LogP contribution in [0.2, 0.25) is 0 Å². The average Bonchev–Trinajstić information content (AvgIpc) is 2.25. The molecule has 0 aromatic heterocycles. The zero-order valence-electron chi connectivity index (χ0n) is 8.63. The summed E-state index contributed by atoms with van der Waals surface area (Å²) in [5, 5.41) is 0. The Morgan fingerprint density at radius 1 is 1.00 bits per heavy atom. The zero-order chi connectivity index (χ0) is 10.1. The maximum absolute atomic E-state index is 3.80. The number of hydrogen-bond donors (Lipinski definition) is 2. The molecule has 0 unspecified atom stereocenters. The second-order valence-corrected chi connectivity index (χ2v) is 3.33. The van der Waals surface area contributed by atoms with Crippen molar-refractivity contribution < 1.29 is 0 Å². The van der Waals surface area contributed by atoms with Crippen molar-refractivity contribution in [2.75, 3.05) is 6.54 Å². The molecule has 0 aliphatic carbocycles. The Balaban J connectivity index is 1.99. The number of hydrazine groups is 1. The van der Waals surface area contributed by atoms with Crippen LogP contribution in [-0.4, -0.2) is 6.54 Å². The van der Waals surface area contributed by atoms with Gasteiger partial charge in [0.15, 0.2) is 0 Å². The molecule has 0 bridgehead atoms. The summed E-state index contributed by atoms with van der Waals surface area (Å²) in [6.45, 7) is 5.70. The summed E-state index contributed by atoms with van der Waals surface area (Å²) >= 11 is 0. The fraction of sp³-hybridized carbons (Fsp3) is 0.417. The molecule has 0 aliphatic rings. The Morgan fingerprint density at radius 2 is 1.79 bits per heavy atom. The van der Waals surface area contributed by atoms with E-state index < -0.39 is 0 Å². The molecule has 1 rings (SSSR count). The standard InChI is InChI=1S/C12H19N2/c1-2-3-7-10-13-14-11-12-8-5-4-6-9-12/h4-6,8-9,13-14H,1-3,7,10-11H2. The lowest BCUT2D eigenvalue weighted by molar-refractivity contribution is 0.512. The number of rotatable bonds is 7. The average molecular weight is 191 g/mol. The number of hydrogen-bond acceptors (Lipinski definition) is 2. The summed E-state index contributed by atoms with van der Waals surface area (Å²) in [4.78, 5) is 0. The minimum atomic E-state index is 0.880. The minimum Gasteiger partial charge on any atom is -0.258 e. The van der Waals surface area contributed by atoms with Gasteiger partial charge in [-0.05, 0) is 12.0 Å². The van der Waals surface area contributed by atoms with Gasteiger partial charge in [0, 0.05) is 13.1 Å². The van der Waals surface area contributed by atoms with Crippen LogP contribution in [0.25, 0.3) is 0 Å². The van der Waals surface area contributed by atoms with Crippen molar-refractivity contribution in [3.63, 3.8) is 0 Å². The van der Waals surface area contributed by atoms with Gasteiger partial charge in [0.2, 0.25) is 0 Å². The molecule has 2 N–H and O–H groups in total. The van der Waals surface area contributed by atoms with Gasteiger partial charge in [-0.2, -0.15) is 0 Å². The molecular weight excluding hydrogens is 172 g/mol. The number of unbranched alkanes of at least 4 members (excludes halogenated alkanes) is 2. The minimum absolute atomic E-state index is 0.880. The van der Waals surface area contributed by atoms with Gasteiger partial charge in [-0.1, -0.05) is 50.1 Å². The SMILES string of the molecule is [CH2]CCCCNNCc1ccccc1. The van der Waals surface area contributed by atoms with E-state index in [1.54, 1.807) is 0 Å². The van der Waals surface area contributed by atoms with E-state index in [0.717, 1.165) is 19.5 Å². The summed E-state index contributed by atoms with van der Waals surface area (Å²) in [5.41, 5.74) is 7.68. The van der Waals surface area contributed by atoms with Crippen molar-refractivity contribution >= 4 is 0 Å². The predicted octanol–water partition coefficient (Wildman–Crippen LogP) is 2.29. The molecule has 0 aliphatic heterocycles. The molecule has 1 aromatic carbocycles. The lowest BCUT2D eigenvalue weighted by Gasteiger charge is -2.06. The van der Waals surface area contributed by atoms with Crippen LogP contribution in [0.3, 0.4) is 0 Å². The van der Waals surface area contributed by atoms with E-state index >= 15 is 0 Å². The monoisotopic (exact) mass is 191 g/mol. The number of nitrogens with one attached hydrogen (secondary N) is 2. The molecule has 0 amide bonds. The molecule has 0 heterocycles. The molecule has 0 fully saturated rings. The Labute approximate surface area is 86.7 Å². The summed E-state index contributed by atoms with van der Waals surface area (Å²) in [7, 11) is 0. The van der Waals surface area contributed by atoms with Crippen LogP contribution in [0.5, 0.6) is 0 Å². The third-order valence-electron chi connectivity index (χ3n) is 2.06. The molecule has 1 radical (unpaired) electrons. The first-order valence-electron chi connectivity index (χ1n) is 5.22. The van der Waals surface area contributed by atoms with Gasteiger partial charge in [-0.3, -0.25) is 10.9 Å². The molecule has 0 atom stereocenters. The highest BCUT2D eigenvalue weighted by Gasteiger charge is 1.89. The predicted molar refractivity (Wildman–Crippen MR) is 60.5 cm³/mol. The van der Waals surface area contributed by atoms with Gasteiger partial charge in [0.25, 0.3) is 0 Å². The second kappa shape index (κ2) is 7.54. The summed E-state index contributed by atoms with van der Waals surface area (Å²) in [5.74, 6) is 0. The van der Waals surface area contributed by atoms with E-state index in [4.69, 9.17) is 0 Å². The normalized spacial score (nSPS) is 10.4. The fourth-order valence-corrected chi connectivity index (χ4v) is 1.24. The Bertz CT molecular complexity index is 221. The molecule has 0 spiro atoms. The molecule has 2 nitrogen and oxygen atoms in total. The summed E-state index contributed by atoms with van der Waals surface area (Å²) in [6.07, 6.45) is 3.41. The summed E-state index contributed by atoms with van der Waals surface area (Å²) < 4.78 is 0. The molecule has 14 heavy (non-hydrogen) atoms. The van der Waals surface area contributed by atoms with Crippen LogP contribution in [0.4, 0.5) is 0 Å². The van der Waals surface area contributed by atoms with Gasteiger partial charge >= 0.3 is 0 Å². The third kappa shape index (κ3) is 5.00. The van der Waals surface area contributed by atoms with Crippen LogP contribution in [0, 0.1) is 6.92 Å². The van der Waals surface area contributed by atoms with Crippen molar-refractivity contribution in [1.29, 1.82) is 0 Å². The highest BCUT2D eigenvalue weighted by Crippen LogP contribution is 1.96. The van der Waals surface area contributed by atoms with Crippen molar-refractivity contribution in [2.45, 2.75) is 25.8 Å². The third-order valence-corrected chi connectivity index (χ3v) is 2.06. The van der Waals surface area contributed by atoms with Crippen molar-refractivity contribution in [3.05, 3.63) is 42.8 Å². The van der Waals surface area contributed by atoms with Crippen molar-refractivity contribution in [2.24, 2.45) is 0 Å². The highest BCUT2D eigenvalue weighted by atomic mass is 15.3. The Kier molecular flexibility index (Phi) is 6.04. The Morgan fingerprint density at radius 3 is 2.50 bits per heavy atom. The first-order chi connectivity index (χ1) is 6.93.